The van der Waals surface area contributed by atoms with Gasteiger partial charge in [0.1, 0.15) is 6.04 Å². The monoisotopic (exact) mass is 534 g/mol. The summed E-state index contributed by atoms with van der Waals surface area (Å²) in [5.74, 6) is 0.386. The molecule has 0 aliphatic heterocycles. The van der Waals surface area contributed by atoms with Gasteiger partial charge in [-0.2, -0.15) is 0 Å². The number of amides is 2. The van der Waals surface area contributed by atoms with Gasteiger partial charge in [0.2, 0.25) is 11.8 Å². The Labute approximate surface area is 213 Å². The highest BCUT2D eigenvalue weighted by Crippen LogP contribution is 2.26. The van der Waals surface area contributed by atoms with Crippen molar-refractivity contribution in [2.24, 2.45) is 0 Å². The molecule has 9 heteroatoms. The first kappa shape index (κ1) is 27.1. The molecule has 0 fully saturated rings. The van der Waals surface area contributed by atoms with Gasteiger partial charge in [-0.25, -0.2) is 0 Å². The van der Waals surface area contributed by atoms with E-state index in [9.17, 15) is 9.59 Å². The Morgan fingerprint density at radius 2 is 1.59 bits per heavy atom. The first-order valence-electron chi connectivity index (χ1n) is 10.3. The van der Waals surface area contributed by atoms with Gasteiger partial charge in [0.25, 0.3) is 0 Å². The van der Waals surface area contributed by atoms with Gasteiger partial charge in [-0.15, -0.1) is 11.8 Å². The molecule has 0 heterocycles. The number of halogens is 4. The molecule has 0 aliphatic rings. The molecule has 2 aromatic carbocycles. The highest BCUT2D eigenvalue weighted by Gasteiger charge is 2.26. The SMILES string of the molecule is CCCCNC(=O)[C@H](C)N(Cc1ccc(Cl)cc1Cl)C(=O)CSCc1ccc(Cl)cc1Cl. The van der Waals surface area contributed by atoms with Crippen molar-refractivity contribution in [3.63, 3.8) is 0 Å². The van der Waals surface area contributed by atoms with Gasteiger partial charge in [-0.05, 0) is 48.7 Å². The number of nitrogens with zero attached hydrogens (tertiary/aromatic N) is 1. The molecule has 32 heavy (non-hydrogen) atoms. The van der Waals surface area contributed by atoms with Crippen LogP contribution >= 0.6 is 58.2 Å². The number of unbranched alkanes of at least 4 members (excludes halogenated alkanes) is 1. The Balaban J connectivity index is 2.10. The molecule has 1 atom stereocenters. The van der Waals surface area contributed by atoms with Crippen LogP contribution in [-0.2, 0) is 21.9 Å². The summed E-state index contributed by atoms with van der Waals surface area (Å²) in [6.07, 6.45) is 1.86. The van der Waals surface area contributed by atoms with Crippen molar-refractivity contribution >= 4 is 70.0 Å². The van der Waals surface area contributed by atoms with Crippen LogP contribution < -0.4 is 5.32 Å². The van der Waals surface area contributed by atoms with Gasteiger partial charge in [0.05, 0.1) is 5.75 Å². The van der Waals surface area contributed by atoms with E-state index in [1.807, 2.05) is 6.07 Å². The van der Waals surface area contributed by atoms with Gasteiger partial charge in [0.15, 0.2) is 0 Å². The summed E-state index contributed by atoms with van der Waals surface area (Å²) in [7, 11) is 0. The maximum absolute atomic E-state index is 13.1. The van der Waals surface area contributed by atoms with Crippen molar-refractivity contribution in [2.75, 3.05) is 12.3 Å². The lowest BCUT2D eigenvalue weighted by atomic mass is 10.1. The van der Waals surface area contributed by atoms with E-state index in [0.717, 1.165) is 24.0 Å². The zero-order valence-corrected chi connectivity index (χ0v) is 21.8. The third-order valence-corrected chi connectivity index (χ3v) is 6.99. The fourth-order valence-corrected chi connectivity index (χ4v) is 4.86. The van der Waals surface area contributed by atoms with E-state index in [2.05, 4.69) is 12.2 Å². The number of hydrogen-bond acceptors (Lipinski definition) is 3. The van der Waals surface area contributed by atoms with Gasteiger partial charge in [-0.3, -0.25) is 9.59 Å². The van der Waals surface area contributed by atoms with E-state index in [0.29, 0.717) is 32.4 Å². The van der Waals surface area contributed by atoms with Crippen LogP contribution in [0, 0.1) is 0 Å². The third-order valence-electron chi connectivity index (χ3n) is 4.85. The molecule has 0 unspecified atom stereocenters. The zero-order chi connectivity index (χ0) is 23.7. The maximum Gasteiger partial charge on any atom is 0.242 e. The normalized spacial score (nSPS) is 11.8. The summed E-state index contributed by atoms with van der Waals surface area (Å²) in [5, 5.41) is 4.99. The smallest absolute Gasteiger partial charge is 0.242 e. The number of benzene rings is 2. The molecule has 2 rings (SSSR count). The number of carbonyl (C=O) groups excluding carboxylic acids is 2. The van der Waals surface area contributed by atoms with Gasteiger partial charge >= 0.3 is 0 Å². The average molecular weight is 536 g/mol. The number of rotatable bonds is 11. The van der Waals surface area contributed by atoms with Gasteiger partial charge < -0.3 is 10.2 Å². The van der Waals surface area contributed by atoms with E-state index in [-0.39, 0.29) is 24.1 Å². The van der Waals surface area contributed by atoms with Crippen molar-refractivity contribution in [1.82, 2.24) is 10.2 Å². The Morgan fingerprint density at radius 3 is 2.16 bits per heavy atom. The van der Waals surface area contributed by atoms with E-state index >= 15 is 0 Å². The summed E-state index contributed by atoms with van der Waals surface area (Å²) >= 11 is 25.9. The van der Waals surface area contributed by atoms with E-state index < -0.39 is 6.04 Å². The minimum Gasteiger partial charge on any atom is -0.354 e. The van der Waals surface area contributed by atoms with E-state index in [1.165, 1.54) is 11.8 Å². The number of hydrogen-bond donors (Lipinski definition) is 1. The average Bonchev–Trinajstić information content (AvgIpc) is 2.74. The number of nitrogens with one attached hydrogen (secondary N) is 1. The van der Waals surface area contributed by atoms with Crippen LogP contribution in [0.2, 0.25) is 20.1 Å². The van der Waals surface area contributed by atoms with Gasteiger partial charge in [0, 0.05) is 38.9 Å². The second-order valence-corrected chi connectivity index (χ2v) is 9.98. The predicted molar refractivity (Wildman–Crippen MR) is 137 cm³/mol. The molecule has 0 saturated heterocycles. The highest BCUT2D eigenvalue weighted by atomic mass is 35.5. The van der Waals surface area contributed by atoms with Crippen molar-refractivity contribution in [3.8, 4) is 0 Å². The second-order valence-electron chi connectivity index (χ2n) is 7.31. The van der Waals surface area contributed by atoms with Crippen LogP contribution in [-0.4, -0.2) is 35.1 Å². The molecule has 2 aromatic rings. The van der Waals surface area contributed by atoms with Crippen LogP contribution in [0.25, 0.3) is 0 Å². The largest absolute Gasteiger partial charge is 0.354 e. The maximum atomic E-state index is 13.1. The van der Waals surface area contributed by atoms with Crippen LogP contribution in [0.15, 0.2) is 36.4 Å². The second kappa shape index (κ2) is 13.6. The van der Waals surface area contributed by atoms with Crippen LogP contribution in [0.3, 0.4) is 0 Å². The quantitative estimate of drug-likeness (QED) is 0.319. The zero-order valence-electron chi connectivity index (χ0n) is 18.0. The molecule has 0 saturated carbocycles. The van der Waals surface area contributed by atoms with Crippen LogP contribution in [0.5, 0.6) is 0 Å². The Hall–Kier alpha value is -1.11. The number of thioether (sulfide) groups is 1. The summed E-state index contributed by atoms with van der Waals surface area (Å²) in [6.45, 7) is 4.56. The summed E-state index contributed by atoms with van der Waals surface area (Å²) in [4.78, 5) is 27.4. The van der Waals surface area contributed by atoms with Crippen molar-refractivity contribution in [2.45, 2.75) is 45.0 Å². The summed E-state index contributed by atoms with van der Waals surface area (Å²) < 4.78 is 0. The minimum atomic E-state index is -0.647. The van der Waals surface area contributed by atoms with Crippen molar-refractivity contribution in [1.29, 1.82) is 0 Å². The molecule has 0 spiro atoms. The standard InChI is InChI=1S/C23H26Cl4N2O2S/c1-3-4-9-28-23(31)15(2)29(12-16-5-7-18(24)10-20(16)26)22(30)14-32-13-17-6-8-19(25)11-21(17)27/h5-8,10-11,15H,3-4,9,12-14H2,1-2H3,(H,28,31)/t15-/m0/s1. The lowest BCUT2D eigenvalue weighted by molar-refractivity contribution is -0.138. The van der Waals surface area contributed by atoms with Crippen molar-refractivity contribution < 1.29 is 9.59 Å². The number of carbonyl (C=O) groups is 2. The molecule has 2 amide bonds. The first-order chi connectivity index (χ1) is 15.2. The lowest BCUT2D eigenvalue weighted by Gasteiger charge is -2.29. The molecule has 0 bridgehead atoms. The minimum absolute atomic E-state index is 0.163. The highest BCUT2D eigenvalue weighted by molar-refractivity contribution is 7.99. The summed E-state index contributed by atoms with van der Waals surface area (Å²) in [6, 6.07) is 9.76. The van der Waals surface area contributed by atoms with Crippen molar-refractivity contribution in [3.05, 3.63) is 67.6 Å². The van der Waals surface area contributed by atoms with Crippen LogP contribution in [0.4, 0.5) is 0 Å². The molecule has 0 aliphatic carbocycles. The molecule has 0 radical (unpaired) electrons. The molecule has 0 aromatic heterocycles. The first-order valence-corrected chi connectivity index (χ1v) is 12.9. The Morgan fingerprint density at radius 1 is 1.00 bits per heavy atom. The van der Waals surface area contributed by atoms with Gasteiger partial charge in [-0.1, -0.05) is 71.9 Å². The fourth-order valence-electron chi connectivity index (χ4n) is 2.92. The summed E-state index contributed by atoms with van der Waals surface area (Å²) in [5.41, 5.74) is 1.62. The molecule has 1 N–H and O–H groups in total. The van der Waals surface area contributed by atoms with E-state index in [1.54, 1.807) is 42.2 Å². The Bertz CT molecular complexity index is 942. The lowest BCUT2D eigenvalue weighted by Crippen LogP contribution is -2.48. The molecular weight excluding hydrogens is 510 g/mol. The fraction of sp³-hybridized carbons (Fsp3) is 0.391. The van der Waals surface area contributed by atoms with E-state index in [4.69, 9.17) is 46.4 Å². The molecule has 174 valence electrons. The molecule has 4 nitrogen and oxygen atoms in total. The predicted octanol–water partition coefficient (Wildman–Crippen LogP) is 6.87. The molecular formula is C23H26Cl4N2O2S. The Kier molecular flexibility index (Phi) is 11.5. The van der Waals surface area contributed by atoms with Crippen LogP contribution in [0.1, 0.15) is 37.8 Å². The third kappa shape index (κ3) is 8.35. The topological polar surface area (TPSA) is 49.4 Å².